The number of H-pyrrole nitrogens is 1. The van der Waals surface area contributed by atoms with Crippen molar-refractivity contribution >= 4 is 55.4 Å². The lowest BCUT2D eigenvalue weighted by Crippen LogP contribution is -2.21. The highest BCUT2D eigenvalue weighted by Crippen LogP contribution is 2.39. The second-order valence-electron chi connectivity index (χ2n) is 7.65. The molecule has 1 aromatic heterocycles. The number of hydrogen-bond acceptors (Lipinski definition) is 3. The van der Waals surface area contributed by atoms with E-state index < -0.39 is 0 Å². The number of halogens is 1. The quantitative estimate of drug-likeness (QED) is 0.345. The number of aromatic amines is 1. The predicted octanol–water partition coefficient (Wildman–Crippen LogP) is 5.59. The fraction of sp³-hybridized carbons (Fsp3) is 0.0769. The first-order valence-corrected chi connectivity index (χ1v) is 11.1. The van der Waals surface area contributed by atoms with E-state index >= 15 is 0 Å². The molecule has 0 radical (unpaired) electrons. The van der Waals surface area contributed by atoms with Gasteiger partial charge in [-0.3, -0.25) is 9.79 Å². The number of carbonyl (C=O) groups is 1. The summed E-state index contributed by atoms with van der Waals surface area (Å²) in [6, 6.07) is 24.3. The number of aliphatic imine (C=N–C) groups is 1. The van der Waals surface area contributed by atoms with Crippen molar-refractivity contribution < 1.29 is 4.79 Å². The van der Waals surface area contributed by atoms with Crippen LogP contribution in [0.1, 0.15) is 23.1 Å². The summed E-state index contributed by atoms with van der Waals surface area (Å²) >= 11 is 3.58. The van der Waals surface area contributed by atoms with Crippen molar-refractivity contribution in [3.63, 3.8) is 0 Å². The molecule has 4 N–H and O–H groups in total. The third-order valence-electron chi connectivity index (χ3n) is 5.56. The average Bonchev–Trinajstić information content (AvgIpc) is 3.44. The first kappa shape index (κ1) is 20.4. The third-order valence-corrected chi connectivity index (χ3v) is 6.05. The van der Waals surface area contributed by atoms with Crippen molar-refractivity contribution in [3.05, 3.63) is 100 Å². The smallest absolute Gasteiger partial charge is 0.238 e. The molecule has 0 fully saturated rings. The Balaban J connectivity index is 1.59. The third kappa shape index (κ3) is 3.90. The van der Waals surface area contributed by atoms with Crippen LogP contribution in [0.4, 0.5) is 5.69 Å². The van der Waals surface area contributed by atoms with Gasteiger partial charge in [-0.05, 0) is 41.5 Å². The van der Waals surface area contributed by atoms with Gasteiger partial charge >= 0.3 is 0 Å². The van der Waals surface area contributed by atoms with E-state index in [9.17, 15) is 4.79 Å². The molecule has 0 unspecified atom stereocenters. The molecule has 0 atom stereocenters. The van der Waals surface area contributed by atoms with Crippen LogP contribution in [0.15, 0.2) is 88.5 Å². The number of nitrogens with zero attached hydrogens (tertiary/aromatic N) is 1. The van der Waals surface area contributed by atoms with Gasteiger partial charge in [0.15, 0.2) is 0 Å². The van der Waals surface area contributed by atoms with Crippen LogP contribution in [-0.4, -0.2) is 23.1 Å². The van der Waals surface area contributed by atoms with Gasteiger partial charge in [-0.2, -0.15) is 0 Å². The summed E-state index contributed by atoms with van der Waals surface area (Å²) in [5.41, 5.74) is 13.5. The molecule has 32 heavy (non-hydrogen) atoms. The van der Waals surface area contributed by atoms with E-state index in [0.29, 0.717) is 6.42 Å². The fourth-order valence-electron chi connectivity index (χ4n) is 4.05. The first-order valence-electron chi connectivity index (χ1n) is 10.4. The summed E-state index contributed by atoms with van der Waals surface area (Å²) in [7, 11) is 0. The molecule has 1 amide bonds. The van der Waals surface area contributed by atoms with Crippen molar-refractivity contribution in [2.45, 2.75) is 6.42 Å². The largest absolute Gasteiger partial charge is 0.360 e. The Bertz CT molecular complexity index is 1390. The molecule has 5 rings (SSSR count). The van der Waals surface area contributed by atoms with Crippen LogP contribution < -0.4 is 11.1 Å². The summed E-state index contributed by atoms with van der Waals surface area (Å²) in [6.45, 7) is -0.0500. The van der Waals surface area contributed by atoms with Crippen LogP contribution in [0.2, 0.25) is 0 Å². The Morgan fingerprint density at radius 1 is 1.03 bits per heavy atom. The second kappa shape index (κ2) is 8.57. The molecule has 0 bridgehead atoms. The van der Waals surface area contributed by atoms with E-state index in [0.717, 1.165) is 54.7 Å². The second-order valence-corrected chi connectivity index (χ2v) is 8.57. The van der Waals surface area contributed by atoms with Gasteiger partial charge in [0.1, 0.15) is 0 Å². The Kier molecular flexibility index (Phi) is 5.47. The number of amides is 1. The highest BCUT2D eigenvalue weighted by atomic mass is 79.9. The SMILES string of the molecule is NCC(=O)Nc1cccc(C2=C(c3ccccc3)N=C(c3c[nH]c4ccc(Br)cc34)C2)c1. The summed E-state index contributed by atoms with van der Waals surface area (Å²) in [4.78, 5) is 20.2. The number of allylic oxidation sites excluding steroid dienone is 1. The van der Waals surface area contributed by atoms with Gasteiger partial charge < -0.3 is 16.0 Å². The standard InChI is InChI=1S/C26H21BrN4O/c27-18-9-10-23-21(12-18)22(15-29-23)24-13-20(26(31-24)16-5-2-1-3-6-16)17-7-4-8-19(11-17)30-25(32)14-28/h1-12,15,29H,13-14,28H2,(H,30,32). The van der Waals surface area contributed by atoms with E-state index in [1.54, 1.807) is 0 Å². The molecule has 3 aromatic carbocycles. The minimum atomic E-state index is -0.216. The van der Waals surface area contributed by atoms with E-state index in [-0.39, 0.29) is 12.5 Å². The Morgan fingerprint density at radius 3 is 2.66 bits per heavy atom. The monoisotopic (exact) mass is 484 g/mol. The van der Waals surface area contributed by atoms with Crippen molar-refractivity contribution in [1.82, 2.24) is 4.98 Å². The number of anilines is 1. The summed E-state index contributed by atoms with van der Waals surface area (Å²) < 4.78 is 1.03. The van der Waals surface area contributed by atoms with Crippen molar-refractivity contribution in [2.24, 2.45) is 10.7 Å². The van der Waals surface area contributed by atoms with Crippen LogP contribution >= 0.6 is 15.9 Å². The highest BCUT2D eigenvalue weighted by Gasteiger charge is 2.24. The minimum absolute atomic E-state index is 0.0500. The number of nitrogens with one attached hydrogen (secondary N) is 2. The van der Waals surface area contributed by atoms with Gasteiger partial charge in [-0.1, -0.05) is 58.4 Å². The van der Waals surface area contributed by atoms with Crippen LogP contribution in [-0.2, 0) is 4.79 Å². The van der Waals surface area contributed by atoms with Crippen LogP contribution in [0, 0.1) is 0 Å². The average molecular weight is 485 g/mol. The zero-order valence-corrected chi connectivity index (χ0v) is 18.8. The van der Waals surface area contributed by atoms with Crippen LogP contribution in [0.5, 0.6) is 0 Å². The number of aromatic nitrogens is 1. The number of nitrogens with two attached hydrogens (primary N) is 1. The maximum atomic E-state index is 11.8. The van der Waals surface area contributed by atoms with E-state index in [2.05, 4.69) is 56.6 Å². The minimum Gasteiger partial charge on any atom is -0.360 e. The number of carbonyl (C=O) groups excluding carboxylic acids is 1. The maximum absolute atomic E-state index is 11.8. The topological polar surface area (TPSA) is 83.3 Å². The molecule has 0 aliphatic carbocycles. The van der Waals surface area contributed by atoms with Crippen molar-refractivity contribution in [2.75, 3.05) is 11.9 Å². The van der Waals surface area contributed by atoms with Gasteiger partial charge in [0.25, 0.3) is 0 Å². The fourth-order valence-corrected chi connectivity index (χ4v) is 4.41. The molecule has 6 heteroatoms. The summed E-state index contributed by atoms with van der Waals surface area (Å²) in [5, 5.41) is 3.98. The summed E-state index contributed by atoms with van der Waals surface area (Å²) in [5.74, 6) is -0.216. The molecule has 0 saturated carbocycles. The predicted molar refractivity (Wildman–Crippen MR) is 135 cm³/mol. The number of hydrogen-bond donors (Lipinski definition) is 3. The lowest BCUT2D eigenvalue weighted by atomic mass is 9.95. The molecule has 0 saturated heterocycles. The zero-order valence-electron chi connectivity index (χ0n) is 17.2. The lowest BCUT2D eigenvalue weighted by Gasteiger charge is -2.10. The molecular formula is C26H21BrN4O. The van der Waals surface area contributed by atoms with Crippen LogP contribution in [0.3, 0.4) is 0 Å². The van der Waals surface area contributed by atoms with E-state index in [4.69, 9.17) is 10.7 Å². The van der Waals surface area contributed by atoms with Gasteiger partial charge in [0, 0.05) is 44.8 Å². The van der Waals surface area contributed by atoms with Gasteiger partial charge in [0.05, 0.1) is 18.0 Å². The molecular weight excluding hydrogens is 464 g/mol. The molecule has 1 aliphatic heterocycles. The Labute approximate surface area is 194 Å². The van der Waals surface area contributed by atoms with Crippen molar-refractivity contribution in [3.8, 4) is 0 Å². The molecule has 0 spiro atoms. The lowest BCUT2D eigenvalue weighted by molar-refractivity contribution is -0.114. The number of fused-ring (bicyclic) bond motifs is 1. The number of rotatable bonds is 5. The Morgan fingerprint density at radius 2 is 1.84 bits per heavy atom. The first-order chi connectivity index (χ1) is 15.6. The molecule has 1 aliphatic rings. The normalized spacial score (nSPS) is 13.5. The molecule has 158 valence electrons. The van der Waals surface area contributed by atoms with Crippen molar-refractivity contribution in [1.29, 1.82) is 0 Å². The highest BCUT2D eigenvalue weighted by molar-refractivity contribution is 9.10. The molecule has 2 heterocycles. The molecule has 5 nitrogen and oxygen atoms in total. The maximum Gasteiger partial charge on any atom is 0.238 e. The van der Waals surface area contributed by atoms with Crippen LogP contribution in [0.25, 0.3) is 22.2 Å². The zero-order chi connectivity index (χ0) is 22.1. The van der Waals surface area contributed by atoms with Gasteiger partial charge in [0.2, 0.25) is 5.91 Å². The number of benzene rings is 3. The summed E-state index contributed by atoms with van der Waals surface area (Å²) in [6.07, 6.45) is 2.72. The van der Waals surface area contributed by atoms with E-state index in [1.165, 1.54) is 0 Å². The molecule has 4 aromatic rings. The van der Waals surface area contributed by atoms with E-state index in [1.807, 2.05) is 48.7 Å². The van der Waals surface area contributed by atoms with Gasteiger partial charge in [-0.25, -0.2) is 0 Å². The Hall–Kier alpha value is -3.48. The van der Waals surface area contributed by atoms with Gasteiger partial charge in [-0.15, -0.1) is 0 Å².